The first-order chi connectivity index (χ1) is 9.17. The number of oxime groups is 1. The van der Waals surface area contributed by atoms with E-state index in [1.165, 1.54) is 12.8 Å². The van der Waals surface area contributed by atoms with Gasteiger partial charge in [0.15, 0.2) is 5.84 Å². The normalized spacial score (nSPS) is 15.6. The first-order valence-corrected chi connectivity index (χ1v) is 6.89. The molecule has 104 valence electrons. The molecule has 0 atom stereocenters. The molecule has 1 aliphatic carbocycles. The van der Waals surface area contributed by atoms with Crippen LogP contribution in [0, 0.1) is 6.92 Å². The van der Waals surface area contributed by atoms with Crippen molar-refractivity contribution in [2.45, 2.75) is 45.6 Å². The molecule has 1 saturated carbocycles. The van der Waals surface area contributed by atoms with E-state index in [2.05, 4.69) is 22.0 Å². The average Bonchev–Trinajstić information content (AvgIpc) is 3.23. The predicted molar refractivity (Wildman–Crippen MR) is 76.8 cm³/mol. The van der Waals surface area contributed by atoms with Gasteiger partial charge in [-0.2, -0.15) is 0 Å². The number of amidine groups is 1. The van der Waals surface area contributed by atoms with Crippen molar-refractivity contribution < 1.29 is 5.21 Å². The Labute approximate surface area is 114 Å². The molecule has 0 aliphatic heterocycles. The number of nitrogens with two attached hydrogens (primary N) is 1. The van der Waals surface area contributed by atoms with E-state index in [9.17, 15) is 0 Å². The van der Waals surface area contributed by atoms with Crippen LogP contribution in [0.2, 0.25) is 0 Å². The Balaban J connectivity index is 2.36. The number of unbranched alkanes of at least 4 members (excludes halogenated alkanes) is 1. The van der Waals surface area contributed by atoms with Gasteiger partial charge in [0, 0.05) is 18.3 Å². The van der Waals surface area contributed by atoms with Gasteiger partial charge >= 0.3 is 0 Å². The third kappa shape index (κ3) is 3.16. The molecule has 2 rings (SSSR count). The quantitative estimate of drug-likeness (QED) is 0.357. The second-order valence-corrected chi connectivity index (χ2v) is 5.09. The van der Waals surface area contributed by atoms with Crippen molar-refractivity contribution in [3.05, 3.63) is 23.4 Å². The van der Waals surface area contributed by atoms with Crippen LogP contribution >= 0.6 is 0 Å². The average molecular weight is 262 g/mol. The molecule has 0 saturated heterocycles. The van der Waals surface area contributed by atoms with Crippen LogP contribution in [0.25, 0.3) is 0 Å². The molecular formula is C14H22N4O. The number of anilines is 1. The third-order valence-corrected chi connectivity index (χ3v) is 3.41. The van der Waals surface area contributed by atoms with E-state index >= 15 is 0 Å². The molecule has 1 aromatic heterocycles. The van der Waals surface area contributed by atoms with Crippen molar-refractivity contribution in [2.24, 2.45) is 10.9 Å². The number of hydrogen-bond donors (Lipinski definition) is 2. The first kappa shape index (κ1) is 13.6. The van der Waals surface area contributed by atoms with E-state index in [0.717, 1.165) is 36.5 Å². The summed E-state index contributed by atoms with van der Waals surface area (Å²) < 4.78 is 0. The van der Waals surface area contributed by atoms with Crippen LogP contribution < -0.4 is 10.6 Å². The monoisotopic (exact) mass is 262 g/mol. The Hall–Kier alpha value is -1.78. The SMILES string of the molecule is CCCCN(c1nc(C)ccc1C(N)=NO)C1CC1. The van der Waals surface area contributed by atoms with Gasteiger partial charge in [0.2, 0.25) is 0 Å². The van der Waals surface area contributed by atoms with Crippen molar-refractivity contribution in [1.82, 2.24) is 4.98 Å². The summed E-state index contributed by atoms with van der Waals surface area (Å²) in [5.74, 6) is 0.982. The summed E-state index contributed by atoms with van der Waals surface area (Å²) in [6, 6.07) is 4.33. The zero-order valence-corrected chi connectivity index (χ0v) is 11.6. The predicted octanol–water partition coefficient (Wildman–Crippen LogP) is 2.25. The standard InChI is InChI=1S/C14H22N4O/c1-3-4-9-18(11-6-7-11)14-12(13(15)17-19)8-5-10(2)16-14/h5,8,11,19H,3-4,6-7,9H2,1-2H3,(H2,15,17). The Morgan fingerprint density at radius 3 is 2.84 bits per heavy atom. The van der Waals surface area contributed by atoms with Crippen LogP contribution in [0.15, 0.2) is 17.3 Å². The molecule has 0 radical (unpaired) electrons. The van der Waals surface area contributed by atoms with Crippen LogP contribution in [-0.4, -0.2) is 28.6 Å². The Morgan fingerprint density at radius 2 is 2.26 bits per heavy atom. The zero-order chi connectivity index (χ0) is 13.8. The minimum atomic E-state index is 0.129. The molecule has 1 fully saturated rings. The highest BCUT2D eigenvalue weighted by Crippen LogP contribution is 2.32. The van der Waals surface area contributed by atoms with E-state index in [0.29, 0.717) is 6.04 Å². The molecule has 0 spiro atoms. The molecule has 0 unspecified atom stereocenters. The van der Waals surface area contributed by atoms with Gasteiger partial charge in [0.25, 0.3) is 0 Å². The minimum absolute atomic E-state index is 0.129. The minimum Gasteiger partial charge on any atom is -0.409 e. The van der Waals surface area contributed by atoms with Gasteiger partial charge in [0.05, 0.1) is 5.56 Å². The number of hydrogen-bond acceptors (Lipinski definition) is 4. The molecule has 0 aromatic carbocycles. The topological polar surface area (TPSA) is 74.7 Å². The maximum Gasteiger partial charge on any atom is 0.173 e. The van der Waals surface area contributed by atoms with Crippen molar-refractivity contribution >= 4 is 11.7 Å². The van der Waals surface area contributed by atoms with Gasteiger partial charge in [-0.05, 0) is 38.3 Å². The fourth-order valence-electron chi connectivity index (χ4n) is 2.19. The third-order valence-electron chi connectivity index (χ3n) is 3.41. The highest BCUT2D eigenvalue weighted by molar-refractivity contribution is 6.01. The van der Waals surface area contributed by atoms with E-state index in [4.69, 9.17) is 10.9 Å². The maximum atomic E-state index is 8.91. The van der Waals surface area contributed by atoms with Crippen LogP contribution in [0.5, 0.6) is 0 Å². The fraction of sp³-hybridized carbons (Fsp3) is 0.571. The van der Waals surface area contributed by atoms with E-state index in [1.807, 2.05) is 19.1 Å². The number of aryl methyl sites for hydroxylation is 1. The van der Waals surface area contributed by atoms with Gasteiger partial charge < -0.3 is 15.8 Å². The number of pyridine rings is 1. The summed E-state index contributed by atoms with van der Waals surface area (Å²) in [4.78, 5) is 6.92. The lowest BCUT2D eigenvalue weighted by molar-refractivity contribution is 0.318. The summed E-state index contributed by atoms with van der Waals surface area (Å²) in [6.45, 7) is 5.12. The molecule has 19 heavy (non-hydrogen) atoms. The summed E-state index contributed by atoms with van der Waals surface area (Å²) in [5.41, 5.74) is 7.43. The molecule has 5 heteroatoms. The lowest BCUT2D eigenvalue weighted by Crippen LogP contribution is -2.31. The molecule has 1 aliphatic rings. The maximum absolute atomic E-state index is 8.91. The molecule has 0 bridgehead atoms. The lowest BCUT2D eigenvalue weighted by Gasteiger charge is -2.25. The van der Waals surface area contributed by atoms with Gasteiger partial charge in [-0.25, -0.2) is 4.98 Å². The van der Waals surface area contributed by atoms with Crippen LogP contribution in [0.4, 0.5) is 5.82 Å². The molecule has 0 amide bonds. The fourth-order valence-corrected chi connectivity index (χ4v) is 2.19. The summed E-state index contributed by atoms with van der Waals surface area (Å²) >= 11 is 0. The van der Waals surface area contributed by atoms with Crippen LogP contribution in [0.1, 0.15) is 43.9 Å². The van der Waals surface area contributed by atoms with E-state index in [-0.39, 0.29) is 5.84 Å². The molecule has 1 aromatic rings. The van der Waals surface area contributed by atoms with E-state index in [1.54, 1.807) is 0 Å². The molecule has 3 N–H and O–H groups in total. The molecule has 5 nitrogen and oxygen atoms in total. The Bertz CT molecular complexity index is 469. The van der Waals surface area contributed by atoms with Crippen molar-refractivity contribution in [3.8, 4) is 0 Å². The number of aromatic nitrogens is 1. The smallest absolute Gasteiger partial charge is 0.173 e. The highest BCUT2D eigenvalue weighted by Gasteiger charge is 2.31. The van der Waals surface area contributed by atoms with Crippen molar-refractivity contribution in [1.29, 1.82) is 0 Å². The summed E-state index contributed by atoms with van der Waals surface area (Å²) in [6.07, 6.45) is 4.68. The van der Waals surface area contributed by atoms with Crippen molar-refractivity contribution in [3.63, 3.8) is 0 Å². The molecule has 1 heterocycles. The van der Waals surface area contributed by atoms with Gasteiger partial charge in [-0.15, -0.1) is 0 Å². The number of nitrogens with zero attached hydrogens (tertiary/aromatic N) is 3. The second-order valence-electron chi connectivity index (χ2n) is 5.09. The Morgan fingerprint density at radius 1 is 1.53 bits per heavy atom. The van der Waals surface area contributed by atoms with Gasteiger partial charge in [0.1, 0.15) is 5.82 Å². The number of rotatable bonds is 6. The van der Waals surface area contributed by atoms with Gasteiger partial charge in [-0.3, -0.25) is 0 Å². The largest absolute Gasteiger partial charge is 0.409 e. The zero-order valence-electron chi connectivity index (χ0n) is 11.6. The van der Waals surface area contributed by atoms with E-state index < -0.39 is 0 Å². The van der Waals surface area contributed by atoms with Crippen LogP contribution in [0.3, 0.4) is 0 Å². The Kier molecular flexibility index (Phi) is 4.24. The molecular weight excluding hydrogens is 240 g/mol. The van der Waals surface area contributed by atoms with Gasteiger partial charge in [-0.1, -0.05) is 18.5 Å². The first-order valence-electron chi connectivity index (χ1n) is 6.89. The van der Waals surface area contributed by atoms with Crippen molar-refractivity contribution in [2.75, 3.05) is 11.4 Å². The lowest BCUT2D eigenvalue weighted by atomic mass is 10.2. The summed E-state index contributed by atoms with van der Waals surface area (Å²) in [5, 5.41) is 12.0. The second kappa shape index (κ2) is 5.91. The highest BCUT2D eigenvalue weighted by atomic mass is 16.4. The summed E-state index contributed by atoms with van der Waals surface area (Å²) in [7, 11) is 0. The van der Waals surface area contributed by atoms with Crippen LogP contribution in [-0.2, 0) is 0 Å².